The van der Waals surface area contributed by atoms with Crippen molar-refractivity contribution in [2.45, 2.75) is 58.9 Å². The molecule has 202 valence electrons. The second-order valence-corrected chi connectivity index (χ2v) is 10.3. The highest BCUT2D eigenvalue weighted by Crippen LogP contribution is 2.37. The number of carboxylic acid groups (broad SMARTS) is 1. The quantitative estimate of drug-likeness (QED) is 0.225. The summed E-state index contributed by atoms with van der Waals surface area (Å²) >= 11 is 0. The number of carbonyl (C=O) groups is 1. The van der Waals surface area contributed by atoms with Crippen molar-refractivity contribution in [1.82, 2.24) is 4.98 Å². The van der Waals surface area contributed by atoms with E-state index in [9.17, 15) is 4.79 Å². The largest absolute Gasteiger partial charge is 0.493 e. The number of ether oxygens (including phenoxy) is 1. The maximum atomic E-state index is 11.1. The summed E-state index contributed by atoms with van der Waals surface area (Å²) in [6.07, 6.45) is 2.61. The number of benzene rings is 3. The summed E-state index contributed by atoms with van der Waals surface area (Å²) in [5.74, 6) is 1.60. The van der Waals surface area contributed by atoms with E-state index in [0.717, 1.165) is 54.3 Å². The smallest absolute Gasteiger partial charge is 0.303 e. The molecule has 1 aromatic heterocycles. The van der Waals surface area contributed by atoms with Crippen molar-refractivity contribution in [3.63, 3.8) is 0 Å². The van der Waals surface area contributed by atoms with Gasteiger partial charge in [-0.2, -0.15) is 0 Å². The van der Waals surface area contributed by atoms with Gasteiger partial charge in [-0.15, -0.1) is 0 Å². The van der Waals surface area contributed by atoms with Gasteiger partial charge in [0.15, 0.2) is 0 Å². The molecule has 0 unspecified atom stereocenters. The van der Waals surface area contributed by atoms with Crippen LogP contribution in [0.4, 0.5) is 5.69 Å². The van der Waals surface area contributed by atoms with E-state index in [1.54, 1.807) is 0 Å². The first kappa shape index (κ1) is 26.5. The normalized spacial score (nSPS) is 14.3. The molecule has 1 aliphatic carbocycles. The number of oxazole rings is 1. The van der Waals surface area contributed by atoms with E-state index in [-0.39, 0.29) is 12.3 Å². The summed E-state index contributed by atoms with van der Waals surface area (Å²) in [6.45, 7) is 8.50. The van der Waals surface area contributed by atoms with Crippen LogP contribution in [0.3, 0.4) is 0 Å². The number of aryl methyl sites for hydroxylation is 3. The molecule has 6 heteroatoms. The van der Waals surface area contributed by atoms with Crippen LogP contribution in [-0.4, -0.2) is 29.2 Å². The molecule has 0 fully saturated rings. The molecule has 0 radical (unpaired) electrons. The summed E-state index contributed by atoms with van der Waals surface area (Å²) in [7, 11) is 0. The van der Waals surface area contributed by atoms with Gasteiger partial charge in [-0.25, -0.2) is 4.98 Å². The minimum atomic E-state index is -0.743. The van der Waals surface area contributed by atoms with Crippen LogP contribution < -0.4 is 9.64 Å². The fraction of sp³-hybridized carbons (Fsp3) is 0.333. The number of rotatable bonds is 11. The van der Waals surface area contributed by atoms with E-state index < -0.39 is 5.97 Å². The zero-order valence-electron chi connectivity index (χ0n) is 22.9. The third-order valence-electron chi connectivity index (χ3n) is 7.63. The fourth-order valence-electron chi connectivity index (χ4n) is 5.50. The molecule has 39 heavy (non-hydrogen) atoms. The van der Waals surface area contributed by atoms with Crippen molar-refractivity contribution in [1.29, 1.82) is 0 Å². The Hall–Kier alpha value is -4.06. The van der Waals surface area contributed by atoms with Crippen LogP contribution in [0.2, 0.25) is 0 Å². The van der Waals surface area contributed by atoms with Crippen LogP contribution in [0.15, 0.2) is 71.1 Å². The molecule has 1 heterocycles. The van der Waals surface area contributed by atoms with Gasteiger partial charge in [-0.1, -0.05) is 42.5 Å². The topological polar surface area (TPSA) is 75.8 Å². The zero-order chi connectivity index (χ0) is 27.4. The van der Waals surface area contributed by atoms with Crippen molar-refractivity contribution in [2.24, 2.45) is 0 Å². The van der Waals surface area contributed by atoms with Gasteiger partial charge < -0.3 is 19.2 Å². The Morgan fingerprint density at radius 1 is 1.10 bits per heavy atom. The van der Waals surface area contributed by atoms with E-state index in [0.29, 0.717) is 18.9 Å². The molecule has 1 N–H and O–H groups in total. The lowest BCUT2D eigenvalue weighted by atomic mass is 9.98. The van der Waals surface area contributed by atoms with E-state index in [1.165, 1.54) is 22.4 Å². The summed E-state index contributed by atoms with van der Waals surface area (Å²) in [5, 5.41) is 9.15. The molecule has 0 saturated carbocycles. The monoisotopic (exact) mass is 524 g/mol. The minimum absolute atomic E-state index is 0.104. The van der Waals surface area contributed by atoms with E-state index in [4.69, 9.17) is 19.2 Å². The summed E-state index contributed by atoms with van der Waals surface area (Å²) in [4.78, 5) is 18.3. The fourth-order valence-corrected chi connectivity index (χ4v) is 5.50. The predicted molar refractivity (Wildman–Crippen MR) is 154 cm³/mol. The number of anilines is 1. The average molecular weight is 525 g/mol. The molecular weight excluding hydrogens is 488 g/mol. The minimum Gasteiger partial charge on any atom is -0.493 e. The Morgan fingerprint density at radius 2 is 1.92 bits per heavy atom. The summed E-state index contributed by atoms with van der Waals surface area (Å²) in [5.41, 5.74) is 7.88. The van der Waals surface area contributed by atoms with Crippen LogP contribution in [0, 0.1) is 13.8 Å². The van der Waals surface area contributed by atoms with Gasteiger partial charge in [-0.3, -0.25) is 4.79 Å². The van der Waals surface area contributed by atoms with Gasteiger partial charge in [0, 0.05) is 30.8 Å². The lowest BCUT2D eigenvalue weighted by Crippen LogP contribution is -2.22. The van der Waals surface area contributed by atoms with Gasteiger partial charge in [0.05, 0.1) is 18.7 Å². The van der Waals surface area contributed by atoms with Crippen molar-refractivity contribution >= 4 is 11.7 Å². The van der Waals surface area contributed by atoms with Crippen molar-refractivity contribution in [3.8, 4) is 17.2 Å². The second-order valence-electron chi connectivity index (χ2n) is 10.3. The number of aliphatic carboxylic acids is 1. The van der Waals surface area contributed by atoms with Gasteiger partial charge in [0.1, 0.15) is 11.5 Å². The molecule has 0 aliphatic heterocycles. The molecule has 4 aromatic rings. The predicted octanol–water partition coefficient (Wildman–Crippen LogP) is 7.11. The Labute approximate surface area is 230 Å². The van der Waals surface area contributed by atoms with Crippen LogP contribution in [0.5, 0.6) is 5.75 Å². The van der Waals surface area contributed by atoms with E-state index >= 15 is 0 Å². The molecule has 1 aliphatic rings. The highest BCUT2D eigenvalue weighted by atomic mass is 16.5. The highest BCUT2D eigenvalue weighted by molar-refractivity contribution is 5.68. The Balaban J connectivity index is 1.25. The van der Waals surface area contributed by atoms with Crippen LogP contribution in [0.1, 0.15) is 59.4 Å². The van der Waals surface area contributed by atoms with Gasteiger partial charge in [-0.05, 0) is 86.1 Å². The molecule has 0 amide bonds. The lowest BCUT2D eigenvalue weighted by molar-refractivity contribution is -0.137. The molecule has 0 bridgehead atoms. The number of hydrogen-bond donors (Lipinski definition) is 1. The molecule has 5 rings (SSSR count). The maximum Gasteiger partial charge on any atom is 0.303 e. The third-order valence-corrected chi connectivity index (χ3v) is 7.63. The molecule has 0 spiro atoms. The molecule has 3 aromatic carbocycles. The molecule has 0 saturated heterocycles. The first-order valence-electron chi connectivity index (χ1n) is 13.7. The standard InChI is InChI=1S/C33H36N2O4/c1-4-35(21-24-8-6-5-7-9-24)31-19-27(11-10-22(31)2)33-34-30(23(3)39-33)16-17-38-28-14-15-29-25(18-28)12-13-26(29)20-32(36)37/h5-11,14-15,18-19,26H,4,12-13,16-17,20-21H2,1-3H3,(H,36,37)/t26-/m0/s1. The van der Waals surface area contributed by atoms with Crippen molar-refractivity contribution in [3.05, 3.63) is 100 Å². The first-order chi connectivity index (χ1) is 18.9. The Morgan fingerprint density at radius 3 is 2.69 bits per heavy atom. The number of carboxylic acids is 1. The van der Waals surface area contributed by atoms with Gasteiger partial charge in [0.2, 0.25) is 5.89 Å². The van der Waals surface area contributed by atoms with E-state index in [1.807, 2.05) is 25.1 Å². The zero-order valence-corrected chi connectivity index (χ0v) is 22.9. The van der Waals surface area contributed by atoms with Gasteiger partial charge in [0.25, 0.3) is 0 Å². The highest BCUT2D eigenvalue weighted by Gasteiger charge is 2.25. The first-order valence-corrected chi connectivity index (χ1v) is 13.7. The average Bonchev–Trinajstić information content (AvgIpc) is 3.50. The molecular formula is C33H36N2O4. The van der Waals surface area contributed by atoms with Gasteiger partial charge >= 0.3 is 5.97 Å². The second kappa shape index (κ2) is 11.8. The lowest BCUT2D eigenvalue weighted by Gasteiger charge is -2.25. The SMILES string of the molecule is CCN(Cc1ccccc1)c1cc(-c2nc(CCOc3ccc4c(c3)CC[C@H]4CC(=O)O)c(C)o2)ccc1C. The Kier molecular flexibility index (Phi) is 8.01. The van der Waals surface area contributed by atoms with E-state index in [2.05, 4.69) is 67.3 Å². The van der Waals surface area contributed by atoms with Crippen molar-refractivity contribution in [2.75, 3.05) is 18.1 Å². The number of fused-ring (bicyclic) bond motifs is 1. The third kappa shape index (κ3) is 6.17. The number of aromatic nitrogens is 1. The summed E-state index contributed by atoms with van der Waals surface area (Å²) < 4.78 is 12.2. The van der Waals surface area contributed by atoms with Crippen molar-refractivity contribution < 1.29 is 19.1 Å². The number of nitrogens with zero attached hydrogens (tertiary/aromatic N) is 2. The van der Waals surface area contributed by atoms with Crippen LogP contribution in [-0.2, 0) is 24.2 Å². The molecule has 1 atom stereocenters. The summed E-state index contributed by atoms with van der Waals surface area (Å²) in [6, 6.07) is 22.9. The Bertz CT molecular complexity index is 1440. The molecule has 6 nitrogen and oxygen atoms in total. The maximum absolute atomic E-state index is 11.1. The number of hydrogen-bond acceptors (Lipinski definition) is 5. The van der Waals surface area contributed by atoms with Crippen LogP contribution >= 0.6 is 0 Å². The van der Waals surface area contributed by atoms with Crippen LogP contribution in [0.25, 0.3) is 11.5 Å².